The SMILES string of the molecule is CNC(CC1CC2CCC1C2)c1cc2c(s1)CCCC2. The van der Waals surface area contributed by atoms with Crippen LogP contribution in [0.3, 0.4) is 0 Å². The third kappa shape index (κ3) is 2.35. The molecule has 2 saturated carbocycles. The van der Waals surface area contributed by atoms with Gasteiger partial charge in [0.25, 0.3) is 0 Å². The van der Waals surface area contributed by atoms with Gasteiger partial charge in [0.1, 0.15) is 0 Å². The van der Waals surface area contributed by atoms with Gasteiger partial charge in [-0.3, -0.25) is 0 Å². The van der Waals surface area contributed by atoms with Crippen molar-refractivity contribution in [3.8, 4) is 0 Å². The molecule has 0 amide bonds. The van der Waals surface area contributed by atoms with E-state index < -0.39 is 0 Å². The van der Waals surface area contributed by atoms with Gasteiger partial charge in [0, 0.05) is 15.8 Å². The summed E-state index contributed by atoms with van der Waals surface area (Å²) in [6, 6.07) is 3.16. The molecule has 0 spiro atoms. The molecule has 1 heterocycles. The predicted molar refractivity (Wildman–Crippen MR) is 86.3 cm³/mol. The van der Waals surface area contributed by atoms with E-state index >= 15 is 0 Å². The monoisotopic (exact) mass is 289 g/mol. The van der Waals surface area contributed by atoms with Crippen LogP contribution in [0.25, 0.3) is 0 Å². The normalized spacial score (nSPS) is 33.4. The van der Waals surface area contributed by atoms with Crippen LogP contribution in [0.2, 0.25) is 0 Å². The molecule has 20 heavy (non-hydrogen) atoms. The summed E-state index contributed by atoms with van der Waals surface area (Å²) in [5.74, 6) is 3.15. The second-order valence-electron chi connectivity index (χ2n) is 7.32. The minimum atomic E-state index is 0.620. The number of hydrogen-bond acceptors (Lipinski definition) is 2. The van der Waals surface area contributed by atoms with Crippen LogP contribution in [0.4, 0.5) is 0 Å². The second-order valence-corrected chi connectivity index (χ2v) is 8.48. The van der Waals surface area contributed by atoms with E-state index in [1.54, 1.807) is 21.7 Å². The minimum Gasteiger partial charge on any atom is -0.312 e. The maximum atomic E-state index is 3.62. The van der Waals surface area contributed by atoms with Crippen molar-refractivity contribution < 1.29 is 0 Å². The summed E-state index contributed by atoms with van der Waals surface area (Å²) in [6.45, 7) is 0. The molecule has 4 atom stereocenters. The summed E-state index contributed by atoms with van der Waals surface area (Å²) in [5.41, 5.74) is 1.67. The van der Waals surface area contributed by atoms with E-state index in [4.69, 9.17) is 0 Å². The minimum absolute atomic E-state index is 0.620. The molecule has 3 aliphatic rings. The van der Waals surface area contributed by atoms with Gasteiger partial charge in [0.2, 0.25) is 0 Å². The quantitative estimate of drug-likeness (QED) is 0.846. The van der Waals surface area contributed by atoms with E-state index in [1.807, 2.05) is 0 Å². The molecule has 2 bridgehead atoms. The van der Waals surface area contributed by atoms with Crippen molar-refractivity contribution >= 4 is 11.3 Å². The summed E-state index contributed by atoms with van der Waals surface area (Å²) in [4.78, 5) is 3.32. The molecule has 0 radical (unpaired) electrons. The largest absolute Gasteiger partial charge is 0.312 e. The smallest absolute Gasteiger partial charge is 0.0415 e. The zero-order valence-corrected chi connectivity index (χ0v) is 13.5. The first-order valence-electron chi connectivity index (χ1n) is 8.62. The first-order chi connectivity index (χ1) is 9.83. The van der Waals surface area contributed by atoms with E-state index in [1.165, 1.54) is 51.4 Å². The fraction of sp³-hybridized carbons (Fsp3) is 0.778. The molecule has 3 aliphatic carbocycles. The Morgan fingerprint density at radius 2 is 2.15 bits per heavy atom. The van der Waals surface area contributed by atoms with Crippen molar-refractivity contribution in [2.24, 2.45) is 17.8 Å². The summed E-state index contributed by atoms with van der Waals surface area (Å²) < 4.78 is 0. The third-order valence-electron chi connectivity index (χ3n) is 6.13. The highest BCUT2D eigenvalue weighted by Crippen LogP contribution is 2.51. The Kier molecular flexibility index (Phi) is 3.64. The molecule has 2 fully saturated rings. The summed E-state index contributed by atoms with van der Waals surface area (Å²) >= 11 is 2.11. The predicted octanol–water partition coefficient (Wildman–Crippen LogP) is 4.71. The van der Waals surface area contributed by atoms with Crippen molar-refractivity contribution in [2.45, 2.75) is 63.8 Å². The van der Waals surface area contributed by atoms with Gasteiger partial charge in [-0.1, -0.05) is 6.42 Å². The standard InChI is InChI=1S/C18H27NS/c1-19-16(10-15-9-12-6-7-13(15)8-12)18-11-14-4-2-3-5-17(14)20-18/h11-13,15-16,19H,2-10H2,1H3. The summed E-state index contributed by atoms with van der Waals surface area (Å²) in [7, 11) is 2.16. The number of aryl methyl sites for hydroxylation is 2. The first-order valence-corrected chi connectivity index (χ1v) is 9.44. The lowest BCUT2D eigenvalue weighted by atomic mass is 9.84. The maximum Gasteiger partial charge on any atom is 0.0415 e. The van der Waals surface area contributed by atoms with Crippen molar-refractivity contribution in [2.75, 3.05) is 7.05 Å². The van der Waals surface area contributed by atoms with Crippen LogP contribution in [-0.4, -0.2) is 7.05 Å². The van der Waals surface area contributed by atoms with Crippen LogP contribution in [0.1, 0.15) is 66.3 Å². The molecule has 4 unspecified atom stereocenters. The van der Waals surface area contributed by atoms with Gasteiger partial charge in [-0.15, -0.1) is 11.3 Å². The number of nitrogens with one attached hydrogen (secondary N) is 1. The lowest BCUT2D eigenvalue weighted by molar-refractivity contribution is 0.285. The van der Waals surface area contributed by atoms with Crippen molar-refractivity contribution in [3.63, 3.8) is 0 Å². The van der Waals surface area contributed by atoms with Gasteiger partial charge < -0.3 is 5.32 Å². The summed E-state index contributed by atoms with van der Waals surface area (Å²) in [6.07, 6.45) is 13.0. The average molecular weight is 289 g/mol. The van der Waals surface area contributed by atoms with Gasteiger partial charge in [-0.25, -0.2) is 0 Å². The summed E-state index contributed by atoms with van der Waals surface area (Å²) in [5, 5.41) is 3.62. The molecule has 0 aliphatic heterocycles. The topological polar surface area (TPSA) is 12.0 Å². The Hall–Kier alpha value is -0.340. The molecular weight excluding hydrogens is 262 g/mol. The second kappa shape index (κ2) is 5.46. The highest BCUT2D eigenvalue weighted by atomic mass is 32.1. The van der Waals surface area contributed by atoms with Crippen LogP contribution in [-0.2, 0) is 12.8 Å². The molecule has 4 rings (SSSR count). The molecule has 0 aromatic carbocycles. The fourth-order valence-electron chi connectivity index (χ4n) is 5.03. The van der Waals surface area contributed by atoms with E-state index in [2.05, 4.69) is 29.8 Å². The number of thiophene rings is 1. The first kappa shape index (κ1) is 13.3. The third-order valence-corrected chi connectivity index (χ3v) is 7.48. The molecular formula is C18H27NS. The molecule has 1 aromatic rings. The van der Waals surface area contributed by atoms with E-state index in [0.29, 0.717) is 6.04 Å². The number of fused-ring (bicyclic) bond motifs is 3. The Morgan fingerprint density at radius 1 is 1.25 bits per heavy atom. The highest BCUT2D eigenvalue weighted by molar-refractivity contribution is 7.12. The molecule has 1 nitrogen and oxygen atoms in total. The Labute approximate surface area is 127 Å². The van der Waals surface area contributed by atoms with Crippen LogP contribution in [0.5, 0.6) is 0 Å². The van der Waals surface area contributed by atoms with Crippen molar-refractivity contribution in [1.82, 2.24) is 5.32 Å². The van der Waals surface area contributed by atoms with Crippen LogP contribution >= 0.6 is 11.3 Å². The number of hydrogen-bond donors (Lipinski definition) is 1. The Bertz CT molecular complexity index is 454. The highest BCUT2D eigenvalue weighted by Gasteiger charge is 2.40. The maximum absolute atomic E-state index is 3.62. The average Bonchev–Trinajstić information content (AvgIpc) is 3.18. The van der Waals surface area contributed by atoms with Gasteiger partial charge in [-0.05, 0) is 87.8 Å². The van der Waals surface area contributed by atoms with Crippen LogP contribution in [0, 0.1) is 17.8 Å². The van der Waals surface area contributed by atoms with Crippen molar-refractivity contribution in [1.29, 1.82) is 0 Å². The van der Waals surface area contributed by atoms with Gasteiger partial charge in [-0.2, -0.15) is 0 Å². The lowest BCUT2D eigenvalue weighted by Gasteiger charge is -2.26. The number of rotatable bonds is 4. The van der Waals surface area contributed by atoms with Gasteiger partial charge >= 0.3 is 0 Å². The zero-order valence-electron chi connectivity index (χ0n) is 12.7. The fourth-order valence-corrected chi connectivity index (χ4v) is 6.41. The van der Waals surface area contributed by atoms with Crippen molar-refractivity contribution in [3.05, 3.63) is 21.4 Å². The molecule has 1 aromatic heterocycles. The van der Waals surface area contributed by atoms with Gasteiger partial charge in [0.15, 0.2) is 0 Å². The molecule has 110 valence electrons. The zero-order chi connectivity index (χ0) is 13.5. The molecule has 2 heteroatoms. The Morgan fingerprint density at radius 3 is 2.85 bits per heavy atom. The Balaban J connectivity index is 1.48. The van der Waals surface area contributed by atoms with Crippen LogP contribution < -0.4 is 5.32 Å². The molecule has 1 N–H and O–H groups in total. The van der Waals surface area contributed by atoms with E-state index in [-0.39, 0.29) is 0 Å². The van der Waals surface area contributed by atoms with Crippen LogP contribution in [0.15, 0.2) is 6.07 Å². The van der Waals surface area contributed by atoms with Gasteiger partial charge in [0.05, 0.1) is 0 Å². The van der Waals surface area contributed by atoms with E-state index in [0.717, 1.165) is 17.8 Å². The lowest BCUT2D eigenvalue weighted by Crippen LogP contribution is -2.21. The van der Waals surface area contributed by atoms with E-state index in [9.17, 15) is 0 Å². The molecule has 0 saturated heterocycles.